The van der Waals surface area contributed by atoms with Crippen molar-refractivity contribution in [3.63, 3.8) is 0 Å². The number of methoxy groups -OCH3 is 1. The quantitative estimate of drug-likeness (QED) is 0.0351. The van der Waals surface area contributed by atoms with Crippen LogP contribution < -0.4 is 30.8 Å². The Labute approximate surface area is 401 Å². The Hall–Kier alpha value is -6.48. The zero-order chi connectivity index (χ0) is 50.3. The summed E-state index contributed by atoms with van der Waals surface area (Å²) >= 11 is 0. The van der Waals surface area contributed by atoms with Crippen molar-refractivity contribution >= 4 is 48.8 Å². The lowest BCUT2D eigenvalue weighted by Gasteiger charge is -2.37. The van der Waals surface area contributed by atoms with E-state index in [0.717, 1.165) is 0 Å². The van der Waals surface area contributed by atoms with Crippen LogP contribution in [0.1, 0.15) is 117 Å². The molecule has 1 spiro atoms. The Balaban J connectivity index is 0.868. The van der Waals surface area contributed by atoms with E-state index in [1.165, 1.54) is 37.7 Å². The summed E-state index contributed by atoms with van der Waals surface area (Å²) < 4.78 is 60.4. The zero-order valence-electron chi connectivity index (χ0n) is 39.7. The third-order valence-electron chi connectivity index (χ3n) is 11.9. The van der Waals surface area contributed by atoms with E-state index >= 15 is 0 Å². The third-order valence-corrected chi connectivity index (χ3v) is 12.9. The number of aromatic nitrogens is 4. The molecule has 3 aliphatic heterocycles. The van der Waals surface area contributed by atoms with Gasteiger partial charge in [-0.1, -0.05) is 12.8 Å². The van der Waals surface area contributed by atoms with Crippen LogP contribution in [0.25, 0.3) is 11.2 Å². The number of H-pyrrole nitrogens is 1. The first-order valence-electron chi connectivity index (χ1n) is 22.7. The molecule has 5 heterocycles. The van der Waals surface area contributed by atoms with Gasteiger partial charge in [0.25, 0.3) is 11.5 Å². The lowest BCUT2D eigenvalue weighted by Crippen LogP contribution is -2.33. The Morgan fingerprint density at radius 3 is 2.17 bits per heavy atom. The van der Waals surface area contributed by atoms with Gasteiger partial charge < -0.3 is 44.4 Å². The number of fused-ring (bicyclic) bond motifs is 7. The summed E-state index contributed by atoms with van der Waals surface area (Å²) in [6, 6.07) is 14.2. The lowest BCUT2D eigenvalue weighted by atomic mass is 9.77. The molecule has 22 heteroatoms. The van der Waals surface area contributed by atoms with Crippen LogP contribution in [0.3, 0.4) is 0 Å². The van der Waals surface area contributed by atoms with Gasteiger partial charge in [-0.3, -0.25) is 37.8 Å². The van der Waals surface area contributed by atoms with Crippen molar-refractivity contribution in [3.05, 3.63) is 99.1 Å². The number of nitrogen functional groups attached to an aromatic ring is 1. The van der Waals surface area contributed by atoms with Crippen molar-refractivity contribution < 1.29 is 66.1 Å². The molecule has 5 aromatic rings. The monoisotopic (exact) mass is 986 g/mol. The normalized spacial score (nSPS) is 18.9. The first kappa shape index (κ1) is 49.9. The molecule has 21 nitrogen and oxygen atoms in total. The highest BCUT2D eigenvalue weighted by Gasteiger charge is 2.54. The zero-order valence-corrected chi connectivity index (χ0v) is 40.6. The second kappa shape index (κ2) is 19.4. The molecule has 8 rings (SSSR count). The average Bonchev–Trinajstić information content (AvgIpc) is 3.99. The number of benzene rings is 3. The molecule has 1 unspecified atom stereocenters. The maximum Gasteiger partial charge on any atom is 0.472 e. The summed E-state index contributed by atoms with van der Waals surface area (Å²) in [7, 11) is -2.99. The van der Waals surface area contributed by atoms with E-state index < -0.39 is 72.1 Å². The van der Waals surface area contributed by atoms with E-state index in [1.807, 2.05) is 0 Å². The number of amides is 1. The van der Waals surface area contributed by atoms with Gasteiger partial charge in [0.05, 0.1) is 42.0 Å². The summed E-state index contributed by atoms with van der Waals surface area (Å²) in [4.78, 5) is 86.3. The van der Waals surface area contributed by atoms with Crippen LogP contribution in [0.5, 0.6) is 23.0 Å². The number of nitrogens with zero attached hydrogens (tertiary/aromatic N) is 3. The number of anilines is 1. The number of phosphoric ester groups is 1. The molecule has 4 atom stereocenters. The molecule has 2 aromatic heterocycles. The number of hydrogen-bond donors (Lipinski definition) is 4. The van der Waals surface area contributed by atoms with Gasteiger partial charge in [-0.25, -0.2) is 14.3 Å². The van der Waals surface area contributed by atoms with Crippen molar-refractivity contribution in [1.82, 2.24) is 24.8 Å². The van der Waals surface area contributed by atoms with Gasteiger partial charge in [0.2, 0.25) is 5.95 Å². The van der Waals surface area contributed by atoms with Gasteiger partial charge in [0.1, 0.15) is 35.3 Å². The van der Waals surface area contributed by atoms with Crippen LogP contribution in [-0.4, -0.2) is 87.3 Å². The number of ether oxygens (including phenoxy) is 6. The van der Waals surface area contributed by atoms with E-state index in [9.17, 15) is 33.4 Å². The van der Waals surface area contributed by atoms with Gasteiger partial charge >= 0.3 is 25.7 Å². The van der Waals surface area contributed by atoms with Crippen LogP contribution in [0, 0.1) is 10.8 Å². The predicted octanol–water partition coefficient (Wildman–Crippen LogP) is 6.60. The Bertz CT molecular complexity index is 2900. The highest BCUT2D eigenvalue weighted by Crippen LogP contribution is 2.57. The van der Waals surface area contributed by atoms with E-state index in [-0.39, 0.29) is 64.5 Å². The first-order valence-corrected chi connectivity index (χ1v) is 24.2. The maximum absolute atomic E-state index is 13.7. The number of nitrogens with two attached hydrogens (primary N) is 1. The van der Waals surface area contributed by atoms with Crippen LogP contribution in [-0.2, 0) is 43.0 Å². The van der Waals surface area contributed by atoms with E-state index in [1.54, 1.807) is 76.4 Å². The molecule has 1 amide bonds. The number of esters is 3. The summed E-state index contributed by atoms with van der Waals surface area (Å²) in [6.07, 6.45) is 2.07. The predicted molar refractivity (Wildman–Crippen MR) is 249 cm³/mol. The molecule has 0 saturated carbocycles. The number of hydrogen-bond acceptors (Lipinski definition) is 17. The molecule has 70 heavy (non-hydrogen) atoms. The summed E-state index contributed by atoms with van der Waals surface area (Å²) in [5.41, 5.74) is 3.99. The van der Waals surface area contributed by atoms with Gasteiger partial charge in [-0.15, -0.1) is 0 Å². The fourth-order valence-electron chi connectivity index (χ4n) is 8.16. The van der Waals surface area contributed by atoms with Crippen LogP contribution in [0.4, 0.5) is 5.95 Å². The smallest absolute Gasteiger partial charge is 0.456 e. The number of rotatable bonds is 16. The molecule has 0 radical (unpaired) electrons. The van der Waals surface area contributed by atoms with Gasteiger partial charge in [-0.05, 0) is 96.8 Å². The summed E-state index contributed by atoms with van der Waals surface area (Å²) in [6.45, 7) is 10.3. The molecular weight excluding hydrogens is 932 g/mol. The number of unbranched alkanes of at least 4 members (excludes halogenated alkanes) is 3. The number of carbonyl (C=O) groups excluding carboxylic acids is 4. The number of nitrogens with one attached hydrogen (secondary N) is 2. The van der Waals surface area contributed by atoms with E-state index in [0.29, 0.717) is 55.3 Å². The van der Waals surface area contributed by atoms with Crippen LogP contribution in [0.15, 0.2) is 65.7 Å². The fraction of sp³-hybridized carbons (Fsp3) is 0.438. The largest absolute Gasteiger partial charge is 0.472 e. The number of phosphoric acid groups is 1. The minimum atomic E-state index is -4.47. The van der Waals surface area contributed by atoms with Gasteiger partial charge in [0, 0.05) is 54.5 Å². The van der Waals surface area contributed by atoms with E-state index in [4.69, 9.17) is 43.2 Å². The fourth-order valence-corrected chi connectivity index (χ4v) is 8.93. The average molecular weight is 987 g/mol. The van der Waals surface area contributed by atoms with Crippen molar-refractivity contribution in [2.24, 2.45) is 10.8 Å². The molecule has 372 valence electrons. The Morgan fingerprint density at radius 1 is 0.900 bits per heavy atom. The molecule has 1 fully saturated rings. The topological polar surface area (TPSA) is 281 Å². The minimum absolute atomic E-state index is 0.0631. The highest BCUT2D eigenvalue weighted by atomic mass is 31.2. The Morgan fingerprint density at radius 2 is 1.54 bits per heavy atom. The molecule has 3 aliphatic rings. The maximum atomic E-state index is 13.7. The molecule has 0 aliphatic carbocycles. The molecular formula is C48H55N6O15P. The molecule has 5 N–H and O–H groups in total. The number of aromatic amines is 1. The van der Waals surface area contributed by atoms with Crippen molar-refractivity contribution in [2.45, 2.75) is 97.7 Å². The van der Waals surface area contributed by atoms with Crippen molar-refractivity contribution in [2.75, 3.05) is 32.6 Å². The number of imidazole rings is 1. The van der Waals surface area contributed by atoms with E-state index in [2.05, 4.69) is 20.3 Å². The van der Waals surface area contributed by atoms with Gasteiger partial charge in [-0.2, -0.15) is 4.98 Å². The highest BCUT2D eigenvalue weighted by molar-refractivity contribution is 7.47. The summed E-state index contributed by atoms with van der Waals surface area (Å²) in [5.74, 6) is -1.28. The molecule has 1 saturated heterocycles. The second-order valence-electron chi connectivity index (χ2n) is 19.2. The second-order valence-corrected chi connectivity index (χ2v) is 20.7. The minimum Gasteiger partial charge on any atom is -0.456 e. The van der Waals surface area contributed by atoms with Crippen LogP contribution >= 0.6 is 7.82 Å². The van der Waals surface area contributed by atoms with Crippen molar-refractivity contribution in [3.8, 4) is 23.0 Å². The van der Waals surface area contributed by atoms with Gasteiger partial charge in [0.15, 0.2) is 16.8 Å². The lowest BCUT2D eigenvalue weighted by molar-refractivity contribution is -0.143. The first-order chi connectivity index (χ1) is 33.1. The molecule has 3 aromatic carbocycles. The van der Waals surface area contributed by atoms with Crippen molar-refractivity contribution in [1.29, 1.82) is 0 Å². The standard InChI is InChI=1S/C48H55N6O15P/c1-46(2,3)43(58)65-27-13-16-30-33(21-27)67-34-22-28(66-44(59)47(4,5)6)14-17-31(34)48(30)32-20-26(12-15-29(32)42(57)69-48)40(55)50-18-10-8-9-11-19-63-70(60,61)64-24-36-35(62-7)23-37(68-36)54-25-51-38-39(54)52-45(49)53-41(38)56/h12-17,20-22,25,35-37H,8-11,18-19,23-24H2,1-7H3,(H,50,55)(H,60,61)(H3,49,52,53,56)/t35-,36+,37+/m0/s1. The van der Waals surface area contributed by atoms with Crippen LogP contribution in [0.2, 0.25) is 0 Å². The molecule has 0 bridgehead atoms. The SMILES string of the molecule is CO[C@H]1C[C@H](n2cnc3c(=O)[nH]c(N)nc32)O[C@@H]1COP(=O)(O)OCCCCCCNC(=O)c1ccc2c(c1)C1(OC2=O)c2ccc(OC(=O)C(C)(C)C)cc2Oc2cc(OC(=O)C(C)(C)C)ccc21. The Kier molecular flexibility index (Phi) is 13.8. The number of carbonyl (C=O) groups is 4. The summed E-state index contributed by atoms with van der Waals surface area (Å²) in [5, 5.41) is 2.93. The third kappa shape index (κ3) is 10.2.